The summed E-state index contributed by atoms with van der Waals surface area (Å²) in [5.74, 6) is 2.12. The topological polar surface area (TPSA) is 75.6 Å². The van der Waals surface area contributed by atoms with Gasteiger partial charge >= 0.3 is 0 Å². The summed E-state index contributed by atoms with van der Waals surface area (Å²) in [6, 6.07) is 13.8. The molecule has 34 heavy (non-hydrogen) atoms. The Bertz CT molecular complexity index is 1020. The van der Waals surface area contributed by atoms with Gasteiger partial charge in [-0.05, 0) is 49.7 Å². The second-order valence-electron chi connectivity index (χ2n) is 8.60. The third kappa shape index (κ3) is 5.18. The van der Waals surface area contributed by atoms with Crippen LogP contribution in [0.4, 0.5) is 0 Å². The van der Waals surface area contributed by atoms with Gasteiger partial charge in [0.05, 0.1) is 39.1 Å². The van der Waals surface area contributed by atoms with Crippen LogP contribution in [0.15, 0.2) is 47.6 Å². The Hall–Kier alpha value is -3.10. The van der Waals surface area contributed by atoms with Crippen LogP contribution in [0, 0.1) is 0 Å². The molecule has 0 saturated carbocycles. The third-order valence-corrected chi connectivity index (χ3v) is 6.44. The van der Waals surface area contributed by atoms with Crippen LogP contribution >= 0.6 is 0 Å². The average molecular weight is 467 g/mol. The van der Waals surface area contributed by atoms with Crippen LogP contribution in [0.1, 0.15) is 37.4 Å². The number of rotatable bonds is 8. The monoisotopic (exact) mass is 466 g/mol. The standard InChI is InChI=1S/C26H34N4O4/c1-5-34-21-9-6-19(7-10-21)23-15-22(20-8-11-24(32-3)25(14-20)33-4)28-30(23)26(31)17-29-13-12-27-16-18(29)2/h6-11,14,18,23,27H,5,12-13,15-17H2,1-4H3. The number of hydrogen-bond acceptors (Lipinski definition) is 7. The van der Waals surface area contributed by atoms with E-state index in [-0.39, 0.29) is 11.9 Å². The van der Waals surface area contributed by atoms with Gasteiger partial charge in [0.25, 0.3) is 5.91 Å². The number of carbonyl (C=O) groups excluding carboxylic acids is 1. The highest BCUT2D eigenvalue weighted by Crippen LogP contribution is 2.36. The van der Waals surface area contributed by atoms with Gasteiger partial charge in [-0.1, -0.05) is 12.1 Å². The molecule has 182 valence electrons. The first-order valence-corrected chi connectivity index (χ1v) is 11.8. The van der Waals surface area contributed by atoms with Crippen LogP contribution in [0.5, 0.6) is 17.2 Å². The van der Waals surface area contributed by atoms with E-state index in [0.717, 1.165) is 42.2 Å². The van der Waals surface area contributed by atoms with Gasteiger partial charge in [-0.25, -0.2) is 5.01 Å². The highest BCUT2D eigenvalue weighted by atomic mass is 16.5. The molecule has 2 heterocycles. The first-order valence-electron chi connectivity index (χ1n) is 11.8. The van der Waals surface area contributed by atoms with E-state index >= 15 is 0 Å². The summed E-state index contributed by atoms with van der Waals surface area (Å²) < 4.78 is 16.5. The second-order valence-corrected chi connectivity index (χ2v) is 8.60. The van der Waals surface area contributed by atoms with E-state index < -0.39 is 0 Å². The average Bonchev–Trinajstić information content (AvgIpc) is 3.31. The molecule has 4 rings (SSSR count). The molecule has 0 radical (unpaired) electrons. The largest absolute Gasteiger partial charge is 0.494 e. The quantitative estimate of drug-likeness (QED) is 0.645. The lowest BCUT2D eigenvalue weighted by Gasteiger charge is -2.34. The Kier molecular flexibility index (Phi) is 7.70. The molecule has 2 aromatic carbocycles. The number of hydrogen-bond donors (Lipinski definition) is 1. The van der Waals surface area contributed by atoms with E-state index in [1.807, 2.05) is 49.4 Å². The van der Waals surface area contributed by atoms with Gasteiger partial charge in [0.15, 0.2) is 11.5 Å². The number of methoxy groups -OCH3 is 2. The van der Waals surface area contributed by atoms with E-state index in [1.54, 1.807) is 19.2 Å². The van der Waals surface area contributed by atoms with E-state index in [2.05, 4.69) is 17.1 Å². The molecule has 1 saturated heterocycles. The first-order chi connectivity index (χ1) is 16.5. The first kappa shape index (κ1) is 24.0. The van der Waals surface area contributed by atoms with Gasteiger partial charge in [-0.15, -0.1) is 0 Å². The predicted molar refractivity (Wildman–Crippen MR) is 132 cm³/mol. The molecule has 2 atom stereocenters. The Labute approximate surface area is 201 Å². The molecular weight excluding hydrogens is 432 g/mol. The lowest BCUT2D eigenvalue weighted by Crippen LogP contribution is -2.52. The lowest BCUT2D eigenvalue weighted by atomic mass is 9.98. The highest BCUT2D eigenvalue weighted by molar-refractivity contribution is 6.03. The molecule has 0 aliphatic carbocycles. The zero-order valence-electron chi connectivity index (χ0n) is 20.4. The van der Waals surface area contributed by atoms with Crippen molar-refractivity contribution in [3.8, 4) is 17.2 Å². The number of piperazine rings is 1. The molecule has 1 N–H and O–H groups in total. The van der Waals surface area contributed by atoms with E-state index in [9.17, 15) is 4.79 Å². The predicted octanol–water partition coefficient (Wildman–Crippen LogP) is 3.07. The van der Waals surface area contributed by atoms with Gasteiger partial charge in [0.2, 0.25) is 0 Å². The maximum absolute atomic E-state index is 13.5. The molecule has 8 nitrogen and oxygen atoms in total. The smallest absolute Gasteiger partial charge is 0.257 e. The van der Waals surface area contributed by atoms with Crippen LogP contribution in [0.25, 0.3) is 0 Å². The van der Waals surface area contributed by atoms with E-state index in [0.29, 0.717) is 37.1 Å². The van der Waals surface area contributed by atoms with Gasteiger partial charge in [-0.2, -0.15) is 5.10 Å². The van der Waals surface area contributed by atoms with Gasteiger partial charge in [-0.3, -0.25) is 9.69 Å². The maximum Gasteiger partial charge on any atom is 0.257 e. The number of amides is 1. The molecule has 1 fully saturated rings. The number of hydrazone groups is 1. The van der Waals surface area contributed by atoms with Crippen molar-refractivity contribution in [3.05, 3.63) is 53.6 Å². The second kappa shape index (κ2) is 10.9. The van der Waals surface area contributed by atoms with Crippen molar-refractivity contribution in [2.75, 3.05) is 47.0 Å². The van der Waals surface area contributed by atoms with Crippen molar-refractivity contribution in [1.29, 1.82) is 0 Å². The zero-order chi connectivity index (χ0) is 24.1. The maximum atomic E-state index is 13.5. The van der Waals surface area contributed by atoms with Crippen LogP contribution < -0.4 is 19.5 Å². The van der Waals surface area contributed by atoms with Crippen molar-refractivity contribution < 1.29 is 19.0 Å². The Morgan fingerprint density at radius 2 is 1.88 bits per heavy atom. The normalized spacial score (nSPS) is 20.7. The van der Waals surface area contributed by atoms with E-state index in [1.165, 1.54) is 0 Å². The third-order valence-electron chi connectivity index (χ3n) is 6.44. The Balaban J connectivity index is 1.62. The van der Waals surface area contributed by atoms with Crippen LogP contribution in [0.3, 0.4) is 0 Å². The molecule has 0 aromatic heterocycles. The fraction of sp³-hybridized carbons (Fsp3) is 0.462. The number of carbonyl (C=O) groups is 1. The zero-order valence-corrected chi connectivity index (χ0v) is 20.4. The Morgan fingerprint density at radius 1 is 1.12 bits per heavy atom. The highest BCUT2D eigenvalue weighted by Gasteiger charge is 2.35. The van der Waals surface area contributed by atoms with Crippen LogP contribution in [-0.2, 0) is 4.79 Å². The van der Waals surface area contributed by atoms with Crippen molar-refractivity contribution in [2.45, 2.75) is 32.4 Å². The molecule has 8 heteroatoms. The van der Waals surface area contributed by atoms with Gasteiger partial charge in [0.1, 0.15) is 5.75 Å². The Morgan fingerprint density at radius 3 is 2.56 bits per heavy atom. The molecule has 1 amide bonds. The molecule has 2 aliphatic rings. The minimum Gasteiger partial charge on any atom is -0.494 e. The van der Waals surface area contributed by atoms with Crippen molar-refractivity contribution >= 4 is 11.6 Å². The molecule has 0 spiro atoms. The molecule has 0 bridgehead atoms. The molecular formula is C26H34N4O4. The van der Waals surface area contributed by atoms with Gasteiger partial charge in [0, 0.05) is 37.7 Å². The fourth-order valence-corrected chi connectivity index (χ4v) is 4.51. The van der Waals surface area contributed by atoms with Crippen molar-refractivity contribution in [2.24, 2.45) is 5.10 Å². The summed E-state index contributed by atoms with van der Waals surface area (Å²) >= 11 is 0. The lowest BCUT2D eigenvalue weighted by molar-refractivity contribution is -0.135. The van der Waals surface area contributed by atoms with E-state index in [4.69, 9.17) is 19.3 Å². The van der Waals surface area contributed by atoms with Crippen molar-refractivity contribution in [3.63, 3.8) is 0 Å². The number of benzene rings is 2. The minimum atomic E-state index is -0.176. The number of nitrogens with zero attached hydrogens (tertiary/aromatic N) is 3. The van der Waals surface area contributed by atoms with Crippen LogP contribution in [0.2, 0.25) is 0 Å². The summed E-state index contributed by atoms with van der Waals surface area (Å²) in [4.78, 5) is 15.7. The molecule has 2 aliphatic heterocycles. The number of ether oxygens (including phenoxy) is 3. The molecule has 2 unspecified atom stereocenters. The summed E-state index contributed by atoms with van der Waals surface area (Å²) in [7, 11) is 3.23. The van der Waals surface area contributed by atoms with Gasteiger partial charge < -0.3 is 19.5 Å². The minimum absolute atomic E-state index is 0.00288. The summed E-state index contributed by atoms with van der Waals surface area (Å²) in [5.41, 5.74) is 2.80. The fourth-order valence-electron chi connectivity index (χ4n) is 4.51. The van der Waals surface area contributed by atoms with Crippen molar-refractivity contribution in [1.82, 2.24) is 15.2 Å². The summed E-state index contributed by atoms with van der Waals surface area (Å²) in [6.07, 6.45) is 0.617. The summed E-state index contributed by atoms with van der Waals surface area (Å²) in [5, 5.41) is 9.87. The van der Waals surface area contributed by atoms with Crippen LogP contribution in [-0.4, -0.2) is 74.6 Å². The number of nitrogens with one attached hydrogen (secondary N) is 1. The SMILES string of the molecule is CCOc1ccc(C2CC(c3ccc(OC)c(OC)c3)=NN2C(=O)CN2CCNCC2C)cc1. The summed E-state index contributed by atoms with van der Waals surface area (Å²) in [6.45, 7) is 7.69. The molecule has 2 aromatic rings.